The summed E-state index contributed by atoms with van der Waals surface area (Å²) in [6.07, 6.45) is 6.59. The Hall–Kier alpha value is -2.14. The van der Waals surface area contributed by atoms with Crippen LogP contribution in [0.2, 0.25) is 0 Å². The molecule has 1 aromatic heterocycles. The van der Waals surface area contributed by atoms with Gasteiger partial charge in [-0.3, -0.25) is 9.69 Å². The van der Waals surface area contributed by atoms with Crippen molar-refractivity contribution < 1.29 is 4.79 Å². The molecule has 26 heavy (non-hydrogen) atoms. The molecule has 5 nitrogen and oxygen atoms in total. The van der Waals surface area contributed by atoms with Gasteiger partial charge in [0.15, 0.2) is 0 Å². The zero-order chi connectivity index (χ0) is 18.4. The average molecular weight is 354 g/mol. The van der Waals surface area contributed by atoms with Crippen LogP contribution in [-0.4, -0.2) is 44.4 Å². The molecule has 2 aromatic rings. The summed E-state index contributed by atoms with van der Waals surface area (Å²) >= 11 is 0. The number of carbonyl (C=O) groups is 1. The molecule has 0 saturated carbocycles. The van der Waals surface area contributed by atoms with Crippen LogP contribution in [0.4, 0.5) is 0 Å². The van der Waals surface area contributed by atoms with Crippen molar-refractivity contribution in [1.82, 2.24) is 19.4 Å². The first-order valence-corrected chi connectivity index (χ1v) is 9.77. The van der Waals surface area contributed by atoms with Gasteiger partial charge in [-0.1, -0.05) is 44.2 Å². The maximum absolute atomic E-state index is 12.8. The van der Waals surface area contributed by atoms with Gasteiger partial charge in [0.2, 0.25) is 5.91 Å². The molecule has 0 aliphatic carbocycles. The highest BCUT2D eigenvalue weighted by atomic mass is 16.2. The summed E-state index contributed by atoms with van der Waals surface area (Å²) in [6.45, 7) is 8.60. The highest BCUT2D eigenvalue weighted by Crippen LogP contribution is 2.19. The molecule has 3 rings (SSSR count). The van der Waals surface area contributed by atoms with Crippen LogP contribution >= 0.6 is 0 Å². The van der Waals surface area contributed by atoms with Crippen LogP contribution < -0.4 is 0 Å². The van der Waals surface area contributed by atoms with E-state index in [0.717, 1.165) is 44.8 Å². The molecule has 1 aliphatic heterocycles. The zero-order valence-electron chi connectivity index (χ0n) is 16.0. The van der Waals surface area contributed by atoms with E-state index in [4.69, 9.17) is 0 Å². The van der Waals surface area contributed by atoms with Gasteiger partial charge in [0.25, 0.3) is 0 Å². The van der Waals surface area contributed by atoms with Gasteiger partial charge in [0.1, 0.15) is 5.82 Å². The smallest absolute Gasteiger partial charge is 0.224 e. The van der Waals surface area contributed by atoms with Gasteiger partial charge < -0.3 is 9.47 Å². The van der Waals surface area contributed by atoms with Gasteiger partial charge in [-0.2, -0.15) is 0 Å². The molecule has 1 aliphatic rings. The third kappa shape index (κ3) is 4.52. The molecule has 0 spiro atoms. The lowest BCUT2D eigenvalue weighted by Crippen LogP contribution is -2.42. The fourth-order valence-corrected chi connectivity index (χ4v) is 3.72. The molecule has 0 bridgehead atoms. The maximum atomic E-state index is 12.8. The standard InChI is InChI=1S/C21H30N4O/c1-3-12-24-14-11-22-20(24)17-23-13-10-21(26)25(19(4-2)16-23)15-18-8-6-5-7-9-18/h5-9,11,14,19H,3-4,10,12-13,15-17H2,1-2H3/t19-/m0/s1. The summed E-state index contributed by atoms with van der Waals surface area (Å²) in [5.74, 6) is 1.37. The van der Waals surface area contributed by atoms with Crippen molar-refractivity contribution in [3.63, 3.8) is 0 Å². The molecule has 140 valence electrons. The number of benzene rings is 1. The Bertz CT molecular complexity index is 697. The van der Waals surface area contributed by atoms with E-state index in [9.17, 15) is 4.79 Å². The number of carbonyl (C=O) groups excluding carboxylic acids is 1. The summed E-state index contributed by atoms with van der Waals surface area (Å²) < 4.78 is 2.23. The third-order valence-electron chi connectivity index (χ3n) is 5.17. The zero-order valence-corrected chi connectivity index (χ0v) is 16.0. The normalized spacial score (nSPS) is 18.9. The number of hydrogen-bond acceptors (Lipinski definition) is 3. The Morgan fingerprint density at radius 2 is 1.96 bits per heavy atom. The van der Waals surface area contributed by atoms with Crippen LogP contribution in [0.25, 0.3) is 0 Å². The first-order chi connectivity index (χ1) is 12.7. The second-order valence-corrected chi connectivity index (χ2v) is 7.09. The number of aryl methyl sites for hydroxylation is 1. The van der Waals surface area contributed by atoms with Gasteiger partial charge in [-0.05, 0) is 18.4 Å². The van der Waals surface area contributed by atoms with Crippen LogP contribution in [0.5, 0.6) is 0 Å². The second-order valence-electron chi connectivity index (χ2n) is 7.09. The highest BCUT2D eigenvalue weighted by molar-refractivity contribution is 5.77. The summed E-state index contributed by atoms with van der Waals surface area (Å²) in [7, 11) is 0. The molecule has 1 fully saturated rings. The summed E-state index contributed by atoms with van der Waals surface area (Å²) in [4.78, 5) is 21.8. The third-order valence-corrected chi connectivity index (χ3v) is 5.17. The lowest BCUT2D eigenvalue weighted by atomic mass is 10.1. The Morgan fingerprint density at radius 1 is 1.15 bits per heavy atom. The Labute approximate surface area is 156 Å². The van der Waals surface area contributed by atoms with E-state index in [1.54, 1.807) is 0 Å². The molecule has 1 amide bonds. The quantitative estimate of drug-likeness (QED) is 0.766. The molecule has 2 heterocycles. The van der Waals surface area contributed by atoms with Gasteiger partial charge in [0, 0.05) is 51.0 Å². The molecular weight excluding hydrogens is 324 g/mol. The van der Waals surface area contributed by atoms with Gasteiger partial charge >= 0.3 is 0 Å². The van der Waals surface area contributed by atoms with Gasteiger partial charge in [-0.25, -0.2) is 4.98 Å². The minimum absolute atomic E-state index is 0.250. The maximum Gasteiger partial charge on any atom is 0.224 e. The van der Waals surface area contributed by atoms with Crippen LogP contribution in [-0.2, 0) is 24.4 Å². The molecular formula is C21H30N4O. The number of imidazole rings is 1. The minimum Gasteiger partial charge on any atom is -0.334 e. The first-order valence-electron chi connectivity index (χ1n) is 9.77. The van der Waals surface area contributed by atoms with Crippen LogP contribution in [0.15, 0.2) is 42.7 Å². The van der Waals surface area contributed by atoms with Crippen LogP contribution in [0, 0.1) is 0 Å². The molecule has 0 radical (unpaired) electrons. The fraction of sp³-hybridized carbons (Fsp3) is 0.524. The minimum atomic E-state index is 0.250. The average Bonchev–Trinajstić information content (AvgIpc) is 3.03. The Morgan fingerprint density at radius 3 is 2.69 bits per heavy atom. The van der Waals surface area contributed by atoms with E-state index < -0.39 is 0 Å². The van der Waals surface area contributed by atoms with E-state index in [2.05, 4.69) is 51.5 Å². The van der Waals surface area contributed by atoms with Crippen molar-refractivity contribution in [3.8, 4) is 0 Å². The Kier molecular flexibility index (Phi) is 6.45. The molecule has 0 unspecified atom stereocenters. The lowest BCUT2D eigenvalue weighted by Gasteiger charge is -2.31. The van der Waals surface area contributed by atoms with Crippen molar-refractivity contribution >= 4 is 5.91 Å². The van der Waals surface area contributed by atoms with Crippen LogP contribution in [0.3, 0.4) is 0 Å². The lowest BCUT2D eigenvalue weighted by molar-refractivity contribution is -0.133. The molecule has 5 heteroatoms. The first kappa shape index (κ1) is 18.6. The number of rotatable bonds is 7. The summed E-state index contributed by atoms with van der Waals surface area (Å²) in [5.41, 5.74) is 1.20. The Balaban J connectivity index is 1.70. The van der Waals surface area contributed by atoms with Crippen molar-refractivity contribution in [2.75, 3.05) is 13.1 Å². The highest BCUT2D eigenvalue weighted by Gasteiger charge is 2.29. The van der Waals surface area contributed by atoms with Crippen LogP contribution in [0.1, 0.15) is 44.5 Å². The molecule has 1 saturated heterocycles. The van der Waals surface area contributed by atoms with Crippen molar-refractivity contribution in [3.05, 3.63) is 54.1 Å². The number of nitrogens with zero attached hydrogens (tertiary/aromatic N) is 4. The molecule has 1 atom stereocenters. The van der Waals surface area contributed by atoms with E-state index in [-0.39, 0.29) is 11.9 Å². The summed E-state index contributed by atoms with van der Waals surface area (Å²) in [5, 5.41) is 0. The van der Waals surface area contributed by atoms with Crippen molar-refractivity contribution in [1.29, 1.82) is 0 Å². The van der Waals surface area contributed by atoms with E-state index in [0.29, 0.717) is 13.0 Å². The number of hydrogen-bond donors (Lipinski definition) is 0. The number of amides is 1. The van der Waals surface area contributed by atoms with E-state index in [1.165, 1.54) is 5.56 Å². The predicted molar refractivity (Wildman–Crippen MR) is 103 cm³/mol. The number of aromatic nitrogens is 2. The summed E-state index contributed by atoms with van der Waals surface area (Å²) in [6, 6.07) is 10.6. The van der Waals surface area contributed by atoms with Crippen molar-refractivity contribution in [2.24, 2.45) is 0 Å². The van der Waals surface area contributed by atoms with Gasteiger partial charge in [0.05, 0.1) is 6.54 Å². The van der Waals surface area contributed by atoms with Gasteiger partial charge in [-0.15, -0.1) is 0 Å². The molecule has 1 aromatic carbocycles. The van der Waals surface area contributed by atoms with Crippen molar-refractivity contribution in [2.45, 2.75) is 58.8 Å². The largest absolute Gasteiger partial charge is 0.334 e. The van der Waals surface area contributed by atoms with E-state index in [1.807, 2.05) is 24.4 Å². The monoisotopic (exact) mass is 354 g/mol. The van der Waals surface area contributed by atoms with E-state index >= 15 is 0 Å². The topological polar surface area (TPSA) is 41.4 Å². The molecule has 0 N–H and O–H groups in total. The fourth-order valence-electron chi connectivity index (χ4n) is 3.72. The predicted octanol–water partition coefficient (Wildman–Crippen LogP) is 3.31. The SMILES string of the molecule is CCCn1ccnc1CN1CCC(=O)N(Cc2ccccc2)[C@@H](CC)C1. The second kappa shape index (κ2) is 8.99.